The predicted octanol–water partition coefficient (Wildman–Crippen LogP) is 1.44. The minimum atomic E-state index is -1.16. The molecule has 0 saturated heterocycles. The highest BCUT2D eigenvalue weighted by molar-refractivity contribution is 6.02. The number of hydrogen-bond acceptors (Lipinski definition) is 4. The van der Waals surface area contributed by atoms with Gasteiger partial charge in [-0.1, -0.05) is 0 Å². The van der Waals surface area contributed by atoms with Crippen molar-refractivity contribution in [3.8, 4) is 5.75 Å². The molecule has 1 rings (SSSR count). The molecule has 0 aliphatic carbocycles. The molecular formula is C12H12O6. The van der Waals surface area contributed by atoms with Gasteiger partial charge in [-0.3, -0.25) is 9.59 Å². The van der Waals surface area contributed by atoms with Crippen LogP contribution in [0.15, 0.2) is 18.2 Å². The first-order valence-corrected chi connectivity index (χ1v) is 5.12. The Morgan fingerprint density at radius 2 is 1.83 bits per heavy atom. The average molecular weight is 252 g/mol. The quantitative estimate of drug-likeness (QED) is 0.743. The maximum Gasteiger partial charge on any atom is 0.335 e. The first-order valence-electron chi connectivity index (χ1n) is 5.12. The van der Waals surface area contributed by atoms with Gasteiger partial charge in [0.15, 0.2) is 5.78 Å². The number of ketones is 1. The fourth-order valence-corrected chi connectivity index (χ4v) is 1.41. The first-order chi connectivity index (χ1) is 8.45. The number of Topliss-reactive ketones (excluding diaryl/α,β-unsaturated/α-hetero) is 1. The van der Waals surface area contributed by atoms with Crippen LogP contribution in [-0.4, -0.2) is 35.0 Å². The topological polar surface area (TPSA) is 101 Å². The van der Waals surface area contributed by atoms with Crippen molar-refractivity contribution in [2.75, 3.05) is 7.11 Å². The minimum absolute atomic E-state index is 0.0468. The van der Waals surface area contributed by atoms with Crippen LogP contribution in [0.1, 0.15) is 33.6 Å². The van der Waals surface area contributed by atoms with Crippen LogP contribution in [0.25, 0.3) is 0 Å². The summed E-state index contributed by atoms with van der Waals surface area (Å²) in [5.74, 6) is -2.48. The molecule has 0 unspecified atom stereocenters. The smallest absolute Gasteiger partial charge is 0.335 e. The van der Waals surface area contributed by atoms with Crippen molar-refractivity contribution < 1.29 is 29.3 Å². The number of hydrogen-bond donors (Lipinski definition) is 2. The summed E-state index contributed by atoms with van der Waals surface area (Å²) in [6, 6.07) is 3.87. The molecule has 18 heavy (non-hydrogen) atoms. The van der Waals surface area contributed by atoms with E-state index in [1.807, 2.05) is 0 Å². The molecule has 0 aromatic heterocycles. The van der Waals surface area contributed by atoms with Gasteiger partial charge < -0.3 is 14.9 Å². The second-order valence-corrected chi connectivity index (χ2v) is 3.54. The van der Waals surface area contributed by atoms with Gasteiger partial charge in [0.25, 0.3) is 0 Å². The number of aromatic carboxylic acids is 1. The number of methoxy groups -OCH3 is 1. The zero-order valence-electron chi connectivity index (χ0n) is 9.67. The lowest BCUT2D eigenvalue weighted by Crippen LogP contribution is -2.07. The number of benzene rings is 1. The van der Waals surface area contributed by atoms with E-state index in [0.29, 0.717) is 0 Å². The summed E-state index contributed by atoms with van der Waals surface area (Å²) in [6.07, 6.45) is -0.506. The van der Waals surface area contributed by atoms with Crippen LogP contribution in [0.2, 0.25) is 0 Å². The van der Waals surface area contributed by atoms with Crippen LogP contribution in [-0.2, 0) is 4.79 Å². The summed E-state index contributed by atoms with van der Waals surface area (Å²) in [5, 5.41) is 17.3. The fraction of sp³-hybridized carbons (Fsp3) is 0.250. The molecule has 1 aromatic rings. The lowest BCUT2D eigenvalue weighted by atomic mass is 10.0. The molecule has 0 aliphatic heterocycles. The number of carboxylic acids is 2. The molecule has 0 bridgehead atoms. The van der Waals surface area contributed by atoms with Crippen molar-refractivity contribution in [3.63, 3.8) is 0 Å². The Bertz CT molecular complexity index is 491. The average Bonchev–Trinajstić information content (AvgIpc) is 2.34. The molecule has 0 atom stereocenters. The third kappa shape index (κ3) is 3.31. The van der Waals surface area contributed by atoms with Crippen LogP contribution < -0.4 is 4.74 Å². The molecule has 0 heterocycles. The standard InChI is InChI=1S/C12H12O6/c1-18-10-4-2-7(12(16)17)6-8(10)9(13)3-5-11(14)15/h2,4,6H,3,5H2,1H3,(H,14,15)(H,16,17). The van der Waals surface area contributed by atoms with Crippen molar-refractivity contribution in [1.29, 1.82) is 0 Å². The van der Waals surface area contributed by atoms with Crippen molar-refractivity contribution >= 4 is 17.7 Å². The second-order valence-electron chi connectivity index (χ2n) is 3.54. The predicted molar refractivity (Wildman–Crippen MR) is 61.2 cm³/mol. The highest BCUT2D eigenvalue weighted by Crippen LogP contribution is 2.22. The number of rotatable bonds is 6. The Morgan fingerprint density at radius 1 is 1.17 bits per heavy atom. The second kappa shape index (κ2) is 5.81. The SMILES string of the molecule is COc1ccc(C(=O)O)cc1C(=O)CCC(=O)O. The summed E-state index contributed by atoms with van der Waals surface area (Å²) in [5.41, 5.74) is 0.0353. The molecule has 0 saturated carbocycles. The van der Waals surface area contributed by atoms with Crippen LogP contribution in [0.5, 0.6) is 5.75 Å². The normalized spacial score (nSPS) is 9.83. The monoisotopic (exact) mass is 252 g/mol. The van der Waals surface area contributed by atoms with Crippen molar-refractivity contribution in [3.05, 3.63) is 29.3 Å². The lowest BCUT2D eigenvalue weighted by molar-refractivity contribution is -0.136. The van der Waals surface area contributed by atoms with E-state index in [0.717, 1.165) is 0 Å². The zero-order valence-corrected chi connectivity index (χ0v) is 9.67. The van der Waals surface area contributed by atoms with Gasteiger partial charge in [-0.05, 0) is 18.2 Å². The Balaban J connectivity index is 3.03. The lowest BCUT2D eigenvalue weighted by Gasteiger charge is -2.08. The molecule has 0 radical (unpaired) electrons. The van der Waals surface area contributed by atoms with Crippen LogP contribution in [0, 0.1) is 0 Å². The number of carboxylic acid groups (broad SMARTS) is 2. The van der Waals surface area contributed by atoms with Crippen molar-refractivity contribution in [2.45, 2.75) is 12.8 Å². The molecule has 2 N–H and O–H groups in total. The Kier molecular flexibility index (Phi) is 4.42. The van der Waals surface area contributed by atoms with E-state index in [-0.39, 0.29) is 29.7 Å². The largest absolute Gasteiger partial charge is 0.496 e. The number of ether oxygens (including phenoxy) is 1. The van der Waals surface area contributed by atoms with Crippen molar-refractivity contribution in [1.82, 2.24) is 0 Å². The van der Waals surface area contributed by atoms with E-state index in [1.54, 1.807) is 0 Å². The molecule has 0 fully saturated rings. The van der Waals surface area contributed by atoms with Gasteiger partial charge in [-0.15, -0.1) is 0 Å². The maximum absolute atomic E-state index is 11.8. The van der Waals surface area contributed by atoms with Crippen LogP contribution in [0.3, 0.4) is 0 Å². The summed E-state index contributed by atoms with van der Waals surface area (Å²) in [4.78, 5) is 32.9. The van der Waals surface area contributed by atoms with Crippen LogP contribution >= 0.6 is 0 Å². The van der Waals surface area contributed by atoms with Gasteiger partial charge in [0.2, 0.25) is 0 Å². The van der Waals surface area contributed by atoms with Gasteiger partial charge in [-0.2, -0.15) is 0 Å². The summed E-state index contributed by atoms with van der Waals surface area (Å²) in [7, 11) is 1.35. The van der Waals surface area contributed by atoms with E-state index in [4.69, 9.17) is 14.9 Å². The zero-order chi connectivity index (χ0) is 13.7. The molecular weight excluding hydrogens is 240 g/mol. The summed E-state index contributed by atoms with van der Waals surface area (Å²) < 4.78 is 4.95. The fourth-order valence-electron chi connectivity index (χ4n) is 1.41. The third-order valence-corrected chi connectivity index (χ3v) is 2.31. The van der Waals surface area contributed by atoms with Crippen molar-refractivity contribution in [2.24, 2.45) is 0 Å². The summed E-state index contributed by atoms with van der Waals surface area (Å²) >= 11 is 0. The highest BCUT2D eigenvalue weighted by atomic mass is 16.5. The maximum atomic E-state index is 11.8. The Hall–Kier alpha value is -2.37. The van der Waals surface area contributed by atoms with Gasteiger partial charge in [0, 0.05) is 6.42 Å². The summed E-state index contributed by atoms with van der Waals surface area (Å²) in [6.45, 7) is 0. The number of carbonyl (C=O) groups excluding carboxylic acids is 1. The third-order valence-electron chi connectivity index (χ3n) is 2.31. The van der Waals surface area contributed by atoms with E-state index in [1.165, 1.54) is 25.3 Å². The molecule has 1 aromatic carbocycles. The van der Waals surface area contributed by atoms with Crippen LogP contribution in [0.4, 0.5) is 0 Å². The van der Waals surface area contributed by atoms with E-state index < -0.39 is 17.7 Å². The minimum Gasteiger partial charge on any atom is -0.496 e. The molecule has 0 spiro atoms. The first kappa shape index (κ1) is 13.7. The number of carbonyl (C=O) groups is 3. The van der Waals surface area contributed by atoms with Gasteiger partial charge in [0.1, 0.15) is 5.75 Å². The van der Waals surface area contributed by atoms with Gasteiger partial charge in [0.05, 0.1) is 24.7 Å². The molecule has 96 valence electrons. The van der Waals surface area contributed by atoms with E-state index >= 15 is 0 Å². The van der Waals surface area contributed by atoms with Gasteiger partial charge >= 0.3 is 11.9 Å². The Labute approximate surface area is 103 Å². The Morgan fingerprint density at radius 3 is 2.33 bits per heavy atom. The van der Waals surface area contributed by atoms with Gasteiger partial charge in [-0.25, -0.2) is 4.79 Å². The molecule has 0 amide bonds. The molecule has 0 aliphatic rings. The molecule has 6 nitrogen and oxygen atoms in total. The van der Waals surface area contributed by atoms with E-state index in [2.05, 4.69) is 0 Å². The highest BCUT2D eigenvalue weighted by Gasteiger charge is 2.16. The number of aliphatic carboxylic acids is 1. The van der Waals surface area contributed by atoms with E-state index in [9.17, 15) is 14.4 Å². The molecule has 6 heteroatoms.